The lowest BCUT2D eigenvalue weighted by Crippen LogP contribution is -2.36. The summed E-state index contributed by atoms with van der Waals surface area (Å²) in [5.41, 5.74) is 7.25. The molecule has 1 saturated heterocycles. The summed E-state index contributed by atoms with van der Waals surface area (Å²) >= 11 is 0. The summed E-state index contributed by atoms with van der Waals surface area (Å²) in [6, 6.07) is 7.05. The Balaban J connectivity index is 1.86. The van der Waals surface area contributed by atoms with Crippen LogP contribution in [0.25, 0.3) is 0 Å². The van der Waals surface area contributed by atoms with Gasteiger partial charge in [0, 0.05) is 25.2 Å². The largest absolute Gasteiger partial charge is 0.454 e. The Morgan fingerprint density at radius 2 is 2.11 bits per heavy atom. The molecule has 0 radical (unpaired) electrons. The van der Waals surface area contributed by atoms with E-state index in [9.17, 15) is 0 Å². The van der Waals surface area contributed by atoms with Gasteiger partial charge in [0.15, 0.2) is 11.5 Å². The molecule has 2 N–H and O–H groups in total. The van der Waals surface area contributed by atoms with Crippen LogP contribution in [-0.2, 0) is 0 Å². The Labute approximate surface area is 114 Å². The fourth-order valence-electron chi connectivity index (χ4n) is 3.35. The van der Waals surface area contributed by atoms with Gasteiger partial charge in [0.1, 0.15) is 0 Å². The van der Waals surface area contributed by atoms with Gasteiger partial charge in [-0.15, -0.1) is 0 Å². The predicted molar refractivity (Wildman–Crippen MR) is 74.3 cm³/mol. The van der Waals surface area contributed by atoms with Crippen molar-refractivity contribution in [2.45, 2.75) is 32.4 Å². The van der Waals surface area contributed by atoms with Crippen molar-refractivity contribution in [2.75, 3.05) is 19.9 Å². The molecule has 2 aliphatic heterocycles. The van der Waals surface area contributed by atoms with E-state index in [2.05, 4.69) is 30.9 Å². The minimum absolute atomic E-state index is 0.273. The van der Waals surface area contributed by atoms with Crippen LogP contribution >= 0.6 is 0 Å². The van der Waals surface area contributed by atoms with Crippen molar-refractivity contribution in [2.24, 2.45) is 11.7 Å². The van der Waals surface area contributed by atoms with Crippen molar-refractivity contribution < 1.29 is 9.47 Å². The summed E-state index contributed by atoms with van der Waals surface area (Å²) in [5.74, 6) is 2.43. The van der Waals surface area contributed by atoms with Gasteiger partial charge in [-0.25, -0.2) is 0 Å². The number of nitrogens with zero attached hydrogens (tertiary/aromatic N) is 1. The van der Waals surface area contributed by atoms with Crippen LogP contribution in [0.2, 0.25) is 0 Å². The first kappa shape index (κ1) is 12.8. The highest BCUT2D eigenvalue weighted by molar-refractivity contribution is 5.45. The second kappa shape index (κ2) is 5.02. The summed E-state index contributed by atoms with van der Waals surface area (Å²) in [4.78, 5) is 2.52. The summed E-state index contributed by atoms with van der Waals surface area (Å²) in [6.45, 7) is 6.68. The molecule has 0 bridgehead atoms. The summed E-state index contributed by atoms with van der Waals surface area (Å²) in [5, 5.41) is 0. The van der Waals surface area contributed by atoms with Crippen molar-refractivity contribution in [1.82, 2.24) is 4.90 Å². The van der Waals surface area contributed by atoms with E-state index in [0.717, 1.165) is 24.0 Å². The maximum absolute atomic E-state index is 6.02. The van der Waals surface area contributed by atoms with Gasteiger partial charge in [-0.05, 0) is 37.0 Å². The molecule has 2 heterocycles. The number of hydrogen-bond donors (Lipinski definition) is 1. The Bertz CT molecular complexity index is 463. The lowest BCUT2D eigenvalue weighted by Gasteiger charge is -2.31. The van der Waals surface area contributed by atoms with Crippen molar-refractivity contribution in [3.05, 3.63) is 23.8 Å². The first-order chi connectivity index (χ1) is 9.19. The van der Waals surface area contributed by atoms with Crippen molar-refractivity contribution in [1.29, 1.82) is 0 Å². The zero-order chi connectivity index (χ0) is 13.4. The molecular formula is C15H22N2O2. The monoisotopic (exact) mass is 262 g/mol. The van der Waals surface area contributed by atoms with Gasteiger partial charge in [0.2, 0.25) is 6.79 Å². The molecule has 104 valence electrons. The topological polar surface area (TPSA) is 47.7 Å². The Morgan fingerprint density at radius 3 is 2.79 bits per heavy atom. The van der Waals surface area contributed by atoms with E-state index in [-0.39, 0.29) is 6.04 Å². The number of benzene rings is 1. The number of hydrogen-bond acceptors (Lipinski definition) is 4. The minimum atomic E-state index is 0.273. The molecule has 2 aliphatic rings. The number of nitrogens with two attached hydrogens (primary N) is 1. The molecule has 19 heavy (non-hydrogen) atoms. The lowest BCUT2D eigenvalue weighted by molar-refractivity contribution is 0.173. The fourth-order valence-corrected chi connectivity index (χ4v) is 3.35. The van der Waals surface area contributed by atoms with Gasteiger partial charge in [-0.1, -0.05) is 13.0 Å². The maximum atomic E-state index is 6.02. The van der Waals surface area contributed by atoms with E-state index in [1.54, 1.807) is 0 Å². The molecule has 1 aromatic rings. The maximum Gasteiger partial charge on any atom is 0.231 e. The molecule has 4 heteroatoms. The molecule has 3 atom stereocenters. The molecular weight excluding hydrogens is 240 g/mol. The van der Waals surface area contributed by atoms with E-state index >= 15 is 0 Å². The molecule has 0 amide bonds. The van der Waals surface area contributed by atoms with Crippen molar-refractivity contribution in [3.8, 4) is 11.5 Å². The molecule has 1 fully saturated rings. The van der Waals surface area contributed by atoms with Gasteiger partial charge >= 0.3 is 0 Å². The highest BCUT2D eigenvalue weighted by atomic mass is 16.7. The average molecular weight is 262 g/mol. The van der Waals surface area contributed by atoms with E-state index in [4.69, 9.17) is 15.2 Å². The Morgan fingerprint density at radius 1 is 1.32 bits per heavy atom. The lowest BCUT2D eigenvalue weighted by atomic mass is 10.0. The minimum Gasteiger partial charge on any atom is -0.454 e. The second-order valence-corrected chi connectivity index (χ2v) is 5.75. The predicted octanol–water partition coefficient (Wildman–Crippen LogP) is 2.15. The average Bonchev–Trinajstić information content (AvgIpc) is 2.97. The van der Waals surface area contributed by atoms with E-state index in [0.29, 0.717) is 19.4 Å². The number of ether oxygens (including phenoxy) is 2. The van der Waals surface area contributed by atoms with Crippen molar-refractivity contribution >= 4 is 0 Å². The molecule has 0 aliphatic carbocycles. The molecule has 3 rings (SSSR count). The first-order valence-electron chi connectivity index (χ1n) is 7.04. The van der Waals surface area contributed by atoms with Crippen LogP contribution in [0.4, 0.5) is 0 Å². The molecule has 0 spiro atoms. The van der Waals surface area contributed by atoms with Gasteiger partial charge in [0.25, 0.3) is 0 Å². The van der Waals surface area contributed by atoms with Gasteiger partial charge in [-0.3, -0.25) is 4.90 Å². The molecule has 1 aromatic carbocycles. The van der Waals surface area contributed by atoms with Crippen LogP contribution in [0.3, 0.4) is 0 Å². The summed E-state index contributed by atoms with van der Waals surface area (Å²) in [6.07, 6.45) is 1.25. The normalized spacial score (nSPS) is 27.7. The quantitative estimate of drug-likeness (QED) is 0.906. The van der Waals surface area contributed by atoms with Crippen LogP contribution in [0.15, 0.2) is 18.2 Å². The molecule has 0 aromatic heterocycles. The van der Waals surface area contributed by atoms with Crippen molar-refractivity contribution in [3.63, 3.8) is 0 Å². The summed E-state index contributed by atoms with van der Waals surface area (Å²) in [7, 11) is 0. The van der Waals surface area contributed by atoms with Crippen LogP contribution in [0.5, 0.6) is 11.5 Å². The Hall–Kier alpha value is -1.26. The SMILES string of the molecule is CC1CC(C)N(C(CN)c2ccc3c(c2)OCO3)C1. The fraction of sp³-hybridized carbons (Fsp3) is 0.600. The number of fused-ring (bicyclic) bond motifs is 1. The van der Waals surface area contributed by atoms with Gasteiger partial charge in [0.05, 0.1) is 0 Å². The highest BCUT2D eigenvalue weighted by Gasteiger charge is 2.32. The standard InChI is InChI=1S/C15H22N2O2/c1-10-5-11(2)17(8-10)13(7-16)12-3-4-14-15(6-12)19-9-18-14/h3-4,6,10-11,13H,5,7-9,16H2,1-2H3. The Kier molecular flexibility index (Phi) is 3.37. The number of rotatable bonds is 3. The smallest absolute Gasteiger partial charge is 0.231 e. The zero-order valence-electron chi connectivity index (χ0n) is 11.6. The van der Waals surface area contributed by atoms with E-state index < -0.39 is 0 Å². The number of likely N-dealkylation sites (tertiary alicyclic amines) is 1. The third-order valence-corrected chi connectivity index (χ3v) is 4.24. The van der Waals surface area contributed by atoms with Crippen LogP contribution in [0.1, 0.15) is 31.9 Å². The third kappa shape index (κ3) is 2.30. The van der Waals surface area contributed by atoms with Crippen LogP contribution < -0.4 is 15.2 Å². The van der Waals surface area contributed by atoms with E-state index in [1.165, 1.54) is 12.0 Å². The zero-order valence-corrected chi connectivity index (χ0v) is 11.6. The van der Waals surface area contributed by atoms with E-state index in [1.807, 2.05) is 6.07 Å². The van der Waals surface area contributed by atoms with Gasteiger partial charge in [-0.2, -0.15) is 0 Å². The summed E-state index contributed by atoms with van der Waals surface area (Å²) < 4.78 is 10.8. The third-order valence-electron chi connectivity index (χ3n) is 4.24. The van der Waals surface area contributed by atoms with Crippen LogP contribution in [0, 0.1) is 5.92 Å². The molecule has 3 unspecified atom stereocenters. The first-order valence-corrected chi connectivity index (χ1v) is 7.04. The second-order valence-electron chi connectivity index (χ2n) is 5.75. The molecule has 0 saturated carbocycles. The van der Waals surface area contributed by atoms with Gasteiger partial charge < -0.3 is 15.2 Å². The van der Waals surface area contributed by atoms with Crippen LogP contribution in [-0.4, -0.2) is 30.8 Å². The molecule has 4 nitrogen and oxygen atoms in total. The highest BCUT2D eigenvalue weighted by Crippen LogP contribution is 2.37.